The molecule has 11 N–H and O–H groups in total. The van der Waals surface area contributed by atoms with Crippen LogP contribution in [0.15, 0.2) is 24.3 Å². The minimum absolute atomic E-state index is 0.131. The van der Waals surface area contributed by atoms with E-state index in [9.17, 15) is 23.9 Å². The fourth-order valence-electron chi connectivity index (χ4n) is 13.1. The van der Waals surface area contributed by atoms with Crippen molar-refractivity contribution in [2.24, 2.45) is 53.1 Å². The van der Waals surface area contributed by atoms with Gasteiger partial charge in [0.2, 0.25) is 11.8 Å². The third kappa shape index (κ3) is 38.2. The number of ether oxygens (including phenoxy) is 1. The Labute approximate surface area is 555 Å². The van der Waals surface area contributed by atoms with Crippen molar-refractivity contribution >= 4 is 47.2 Å². The zero-order valence-corrected chi connectivity index (χ0v) is 60.9. The monoisotopic (exact) mass is 1300 g/mol. The predicted octanol–water partition coefficient (Wildman–Crippen LogP) is 15.8. The van der Waals surface area contributed by atoms with Crippen molar-refractivity contribution in [3.8, 4) is 0 Å². The van der Waals surface area contributed by atoms with Gasteiger partial charge in [0.1, 0.15) is 17.9 Å². The first-order chi connectivity index (χ1) is 43.5. The summed E-state index contributed by atoms with van der Waals surface area (Å²) in [5.41, 5.74) is 16.0. The van der Waals surface area contributed by atoms with Crippen LogP contribution in [-0.4, -0.2) is 106 Å². The Bertz CT molecular complexity index is 2370. The fourth-order valence-corrected chi connectivity index (χ4v) is 13.7. The molecule has 0 aliphatic heterocycles. The molecule has 526 valence electrons. The summed E-state index contributed by atoms with van der Waals surface area (Å²) in [7, 11) is -4.19. The van der Waals surface area contributed by atoms with Crippen LogP contribution >= 0.6 is 7.60 Å². The van der Waals surface area contributed by atoms with Crippen molar-refractivity contribution in [3.05, 3.63) is 30.1 Å². The minimum Gasteiger partial charge on any atom is -0.382 e. The number of para-hydroxylation sites is 1. The van der Waals surface area contributed by atoms with Crippen LogP contribution in [0.3, 0.4) is 0 Å². The largest absolute Gasteiger partial charge is 0.382 e. The molecule has 3 rings (SSSR count). The Morgan fingerprint density at radius 2 is 1.05 bits per heavy atom. The molecule has 0 bridgehead atoms. The van der Waals surface area contributed by atoms with E-state index in [1.807, 2.05) is 31.2 Å². The average Bonchev–Trinajstić information content (AvgIpc) is 1.65. The van der Waals surface area contributed by atoms with Crippen LogP contribution < -0.4 is 38.1 Å². The van der Waals surface area contributed by atoms with Gasteiger partial charge in [-0.2, -0.15) is 0 Å². The molecule has 2 heterocycles. The first-order valence-electron chi connectivity index (χ1n) is 37.1. The number of unbranched alkanes of at least 4 members (excludes halogenated alkanes) is 1. The number of nitrogens with two attached hydrogens (primary N) is 2. The number of carbonyl (C=O) groups excluding carboxylic acids is 2. The van der Waals surface area contributed by atoms with Crippen molar-refractivity contribution in [2.75, 3.05) is 64.3 Å². The average molecular weight is 1300 g/mol. The summed E-state index contributed by atoms with van der Waals surface area (Å²) in [6.07, 6.45) is 34.1. The van der Waals surface area contributed by atoms with Gasteiger partial charge in [-0.05, 0) is 164 Å². The van der Waals surface area contributed by atoms with Crippen LogP contribution in [0, 0.1) is 47.3 Å². The molecule has 0 saturated carbocycles. The fraction of sp³-hybridized carbons (Fsp3) is 0.838. The van der Waals surface area contributed by atoms with Gasteiger partial charge in [0.05, 0.1) is 23.2 Å². The molecular weight excluding hydrogens is 1160 g/mol. The van der Waals surface area contributed by atoms with Crippen LogP contribution in [-0.2, 0) is 32.0 Å². The van der Waals surface area contributed by atoms with Gasteiger partial charge in [-0.1, -0.05) is 203 Å². The van der Waals surface area contributed by atoms with Crippen molar-refractivity contribution in [1.29, 1.82) is 0 Å². The van der Waals surface area contributed by atoms with E-state index >= 15 is 0 Å². The first kappa shape index (κ1) is 82.0. The molecule has 0 aliphatic rings. The maximum Gasteiger partial charge on any atom is 0.325 e. The molecular formula is C74H139N10O6P. The SMILES string of the molecule is CCOCc1nc2c(N)nc3ccccc3c2n1CCCNC(=O)[C@H](CCC(=O)NCCCNCCCCNCCC(N)(CCC(C)CCCC(C)CCCC(C)CCCC(C)C)CCC(C)CCCC(C)CCCC(C)CCCC(C)C)NCCCP(=O)(O)O. The first-order valence-corrected chi connectivity index (χ1v) is 38.9. The van der Waals surface area contributed by atoms with Gasteiger partial charge in [-0.15, -0.1) is 0 Å². The summed E-state index contributed by atoms with van der Waals surface area (Å²) >= 11 is 0. The molecule has 91 heavy (non-hydrogen) atoms. The van der Waals surface area contributed by atoms with Crippen molar-refractivity contribution in [3.63, 3.8) is 0 Å². The predicted molar refractivity (Wildman–Crippen MR) is 385 cm³/mol. The molecule has 16 nitrogen and oxygen atoms in total. The number of aryl methyl sites for hydroxylation is 1. The highest BCUT2D eigenvalue weighted by atomic mass is 31.2. The maximum atomic E-state index is 13.6. The van der Waals surface area contributed by atoms with Crippen LogP contribution in [0.4, 0.5) is 5.82 Å². The molecule has 17 heteroatoms. The third-order valence-electron chi connectivity index (χ3n) is 19.4. The third-order valence-corrected chi connectivity index (χ3v) is 20.3. The maximum absolute atomic E-state index is 13.6. The lowest BCUT2D eigenvalue weighted by atomic mass is 9.80. The molecule has 0 saturated heterocycles. The Morgan fingerprint density at radius 1 is 0.571 bits per heavy atom. The molecule has 0 spiro atoms. The number of benzene rings is 1. The molecule has 3 aromatic rings. The normalized spacial score (nSPS) is 15.3. The van der Waals surface area contributed by atoms with E-state index in [0.29, 0.717) is 62.4 Å². The number of rotatable bonds is 58. The molecule has 1 aromatic carbocycles. The summed E-state index contributed by atoms with van der Waals surface area (Å²) in [4.78, 5) is 54.8. The smallest absolute Gasteiger partial charge is 0.325 e. The lowest BCUT2D eigenvalue weighted by Crippen LogP contribution is -2.45. The van der Waals surface area contributed by atoms with E-state index in [2.05, 4.69) is 105 Å². The van der Waals surface area contributed by atoms with E-state index in [0.717, 1.165) is 122 Å². The lowest BCUT2D eigenvalue weighted by molar-refractivity contribution is -0.124. The number of aromatic nitrogens is 3. The quantitative estimate of drug-likeness (QED) is 0.0189. The van der Waals surface area contributed by atoms with Gasteiger partial charge in [0.15, 0.2) is 5.82 Å². The Morgan fingerprint density at radius 3 is 1.57 bits per heavy atom. The lowest BCUT2D eigenvalue weighted by Gasteiger charge is -2.32. The summed E-state index contributed by atoms with van der Waals surface area (Å²) in [6, 6.07) is 7.09. The van der Waals surface area contributed by atoms with Crippen LogP contribution in [0.2, 0.25) is 0 Å². The zero-order valence-electron chi connectivity index (χ0n) is 60.0. The molecule has 2 aromatic heterocycles. The molecule has 0 aliphatic carbocycles. The van der Waals surface area contributed by atoms with Crippen LogP contribution in [0.5, 0.6) is 0 Å². The minimum atomic E-state index is -4.19. The topological polar surface area (TPSA) is 244 Å². The van der Waals surface area contributed by atoms with Crippen LogP contribution in [0.25, 0.3) is 21.9 Å². The number of nitrogens with zero attached hydrogens (tertiary/aromatic N) is 3. The highest BCUT2D eigenvalue weighted by Gasteiger charge is 2.27. The van der Waals surface area contributed by atoms with E-state index in [1.165, 1.54) is 128 Å². The second kappa shape index (κ2) is 47.6. The van der Waals surface area contributed by atoms with Gasteiger partial charge in [-0.25, -0.2) is 9.97 Å². The van der Waals surface area contributed by atoms with E-state index < -0.39 is 13.6 Å². The second-order valence-corrected chi connectivity index (χ2v) is 31.3. The Balaban J connectivity index is 1.38. The number of carbonyl (C=O) groups is 2. The van der Waals surface area contributed by atoms with Crippen molar-refractivity contribution in [1.82, 2.24) is 41.1 Å². The van der Waals surface area contributed by atoms with E-state index in [1.54, 1.807) is 0 Å². The Hall–Kier alpha value is -3.21. The van der Waals surface area contributed by atoms with Crippen molar-refractivity contribution < 1.29 is 28.7 Å². The molecule has 0 fully saturated rings. The van der Waals surface area contributed by atoms with Gasteiger partial charge in [0, 0.05) is 43.6 Å². The van der Waals surface area contributed by atoms with Gasteiger partial charge >= 0.3 is 7.60 Å². The number of imidazole rings is 1. The number of anilines is 1. The number of hydrogen-bond acceptors (Lipinski definition) is 11. The highest BCUT2D eigenvalue weighted by molar-refractivity contribution is 7.51. The van der Waals surface area contributed by atoms with Crippen LogP contribution in [0.1, 0.15) is 275 Å². The van der Waals surface area contributed by atoms with Crippen molar-refractivity contribution in [2.45, 2.75) is 294 Å². The number of amides is 2. The summed E-state index contributed by atoms with van der Waals surface area (Å²) in [5.74, 6) is 7.09. The van der Waals surface area contributed by atoms with E-state index in [-0.39, 0.29) is 49.3 Å². The number of hydrogen-bond donors (Lipinski definition) is 9. The molecule has 7 atom stereocenters. The second-order valence-electron chi connectivity index (χ2n) is 29.6. The molecule has 0 radical (unpaired) electrons. The Kier molecular flexibility index (Phi) is 42.9. The van der Waals surface area contributed by atoms with Gasteiger partial charge in [0.25, 0.3) is 0 Å². The molecule has 6 unspecified atom stereocenters. The van der Waals surface area contributed by atoms with Gasteiger partial charge in [-0.3, -0.25) is 14.2 Å². The number of pyridine rings is 1. The standard InChI is InChI=1S/C74H139N10O6P/c1-12-90-56-68-83-70-71(65-38-13-14-39-66(65)82-72(70)75)84(68)54-24-51-81-73(86)67(79-52-25-55-91(87,88)89)40-41-69(85)80-50-23-49-77-47-15-16-48-78-53-46-74(76,44-42-63(10)36-21-34-61(8)32-19-30-59(6)28-17-26-57(2)3)45-43-64(11)37-22-35-62(9)33-20-31-60(7)29-18-27-58(4)5/h13-14,38-39,57-64,67,77-79H,12,15-37,40-56,76H2,1-11H3,(H2,75,82)(H,80,85)(H,81,86)(H2,87,88,89)/t59?,60?,61?,62?,63?,64?,67-,74?/m0/s1. The number of fused-ring (bicyclic) bond motifs is 3. The summed E-state index contributed by atoms with van der Waals surface area (Å²) in [6.45, 7) is 32.3. The molecule has 2 amide bonds. The summed E-state index contributed by atoms with van der Waals surface area (Å²) in [5, 5.41) is 17.4. The zero-order chi connectivity index (χ0) is 66.9. The summed E-state index contributed by atoms with van der Waals surface area (Å²) < 4.78 is 19.4. The number of nitrogens with one attached hydrogen (secondary N) is 5. The highest BCUT2D eigenvalue weighted by Crippen LogP contribution is 2.35. The number of nitrogen functional groups attached to an aromatic ring is 1. The van der Waals surface area contributed by atoms with E-state index in [4.69, 9.17) is 21.2 Å². The van der Waals surface area contributed by atoms with Gasteiger partial charge < -0.3 is 57.1 Å².